The lowest BCUT2D eigenvalue weighted by molar-refractivity contribution is -0.139. The Morgan fingerprint density at radius 2 is 1.86 bits per heavy atom. The highest BCUT2D eigenvalue weighted by molar-refractivity contribution is 5.98. The molecule has 1 unspecified atom stereocenters. The molecule has 0 radical (unpaired) electrons. The third kappa shape index (κ3) is 4.94. The van der Waals surface area contributed by atoms with Gasteiger partial charge in [0.25, 0.3) is 5.91 Å². The third-order valence-electron chi connectivity index (χ3n) is 4.72. The summed E-state index contributed by atoms with van der Waals surface area (Å²) in [6.45, 7) is 7.22. The number of amides is 2. The van der Waals surface area contributed by atoms with Gasteiger partial charge >= 0.3 is 5.97 Å². The quantitative estimate of drug-likeness (QED) is 0.691. The van der Waals surface area contributed by atoms with Crippen LogP contribution >= 0.6 is 0 Å². The standard InChI is InChI=1S/C20H28N2O6/c1-4-21(5-2)20(26)15-8-7-11-22(15)19(25)14-9-10-16(28-13-18(23)24)17(12-14)27-6-3/h9-10,12,15H,4-8,11,13H2,1-3H3,(H,23,24). The SMILES string of the molecule is CCOc1cc(C(=O)N2CCCC2C(=O)N(CC)CC)ccc1OCC(=O)O. The number of benzene rings is 1. The normalized spacial score (nSPS) is 16.0. The molecule has 0 bridgehead atoms. The number of ether oxygens (including phenoxy) is 2. The second-order valence-electron chi connectivity index (χ2n) is 6.44. The van der Waals surface area contributed by atoms with Gasteiger partial charge in [-0.3, -0.25) is 9.59 Å². The van der Waals surface area contributed by atoms with Crippen LogP contribution in [0.3, 0.4) is 0 Å². The number of aliphatic carboxylic acids is 1. The predicted molar refractivity (Wildman–Crippen MR) is 103 cm³/mol. The van der Waals surface area contributed by atoms with Gasteiger partial charge in [0.2, 0.25) is 5.91 Å². The van der Waals surface area contributed by atoms with Crippen molar-refractivity contribution in [1.82, 2.24) is 9.80 Å². The number of hydrogen-bond acceptors (Lipinski definition) is 5. The Morgan fingerprint density at radius 3 is 2.46 bits per heavy atom. The molecule has 2 amide bonds. The lowest BCUT2D eigenvalue weighted by Crippen LogP contribution is -2.47. The monoisotopic (exact) mass is 392 g/mol. The molecule has 0 aliphatic carbocycles. The van der Waals surface area contributed by atoms with E-state index < -0.39 is 18.6 Å². The van der Waals surface area contributed by atoms with Gasteiger partial charge in [-0.25, -0.2) is 4.79 Å². The van der Waals surface area contributed by atoms with Gasteiger partial charge in [-0.05, 0) is 51.8 Å². The van der Waals surface area contributed by atoms with Crippen molar-refractivity contribution < 1.29 is 29.0 Å². The Hall–Kier alpha value is -2.77. The zero-order chi connectivity index (χ0) is 20.7. The van der Waals surface area contributed by atoms with Crippen LogP contribution in [-0.2, 0) is 9.59 Å². The minimum atomic E-state index is -1.10. The molecular weight excluding hydrogens is 364 g/mol. The van der Waals surface area contributed by atoms with Crippen LogP contribution in [0.5, 0.6) is 11.5 Å². The fourth-order valence-corrected chi connectivity index (χ4v) is 3.35. The zero-order valence-electron chi connectivity index (χ0n) is 16.6. The number of carboxylic acids is 1. The summed E-state index contributed by atoms with van der Waals surface area (Å²) in [5.41, 5.74) is 0.380. The number of carbonyl (C=O) groups is 3. The minimum absolute atomic E-state index is 0.0257. The summed E-state index contributed by atoms with van der Waals surface area (Å²) < 4.78 is 10.7. The van der Waals surface area contributed by atoms with Gasteiger partial charge in [0.05, 0.1) is 6.61 Å². The van der Waals surface area contributed by atoms with E-state index >= 15 is 0 Å². The maximum atomic E-state index is 13.1. The molecule has 154 valence electrons. The van der Waals surface area contributed by atoms with Crippen molar-refractivity contribution >= 4 is 17.8 Å². The first-order valence-corrected chi connectivity index (χ1v) is 9.64. The summed E-state index contributed by atoms with van der Waals surface area (Å²) in [7, 11) is 0. The summed E-state index contributed by atoms with van der Waals surface area (Å²) in [5, 5.41) is 8.79. The van der Waals surface area contributed by atoms with Crippen LogP contribution in [0.25, 0.3) is 0 Å². The first kappa shape index (κ1) is 21.5. The number of carboxylic acid groups (broad SMARTS) is 1. The molecule has 1 fully saturated rings. The fraction of sp³-hybridized carbons (Fsp3) is 0.550. The summed E-state index contributed by atoms with van der Waals surface area (Å²) in [5.74, 6) is -0.799. The first-order chi connectivity index (χ1) is 13.4. The maximum absolute atomic E-state index is 13.1. The van der Waals surface area contributed by atoms with Crippen LogP contribution in [0.15, 0.2) is 18.2 Å². The van der Waals surface area contributed by atoms with E-state index in [1.165, 1.54) is 6.07 Å². The van der Waals surface area contributed by atoms with Crippen molar-refractivity contribution in [1.29, 1.82) is 0 Å². The number of likely N-dealkylation sites (tertiary alicyclic amines) is 1. The lowest BCUT2D eigenvalue weighted by atomic mass is 10.1. The molecule has 0 spiro atoms. The van der Waals surface area contributed by atoms with E-state index in [4.69, 9.17) is 14.6 Å². The predicted octanol–water partition coefficient (Wildman–Crippen LogP) is 2.02. The molecule has 8 nitrogen and oxygen atoms in total. The number of carbonyl (C=O) groups excluding carboxylic acids is 2. The maximum Gasteiger partial charge on any atom is 0.341 e. The summed E-state index contributed by atoms with van der Waals surface area (Å²) >= 11 is 0. The number of nitrogens with zero attached hydrogens (tertiary/aromatic N) is 2. The van der Waals surface area contributed by atoms with Gasteiger partial charge in [0.15, 0.2) is 18.1 Å². The molecule has 2 rings (SSSR count). The number of likely N-dealkylation sites (N-methyl/N-ethyl adjacent to an activating group) is 1. The second-order valence-corrected chi connectivity index (χ2v) is 6.44. The smallest absolute Gasteiger partial charge is 0.341 e. The van der Waals surface area contributed by atoms with Crippen molar-refractivity contribution in [2.75, 3.05) is 32.8 Å². The van der Waals surface area contributed by atoms with E-state index in [-0.39, 0.29) is 17.6 Å². The highest BCUT2D eigenvalue weighted by Crippen LogP contribution is 2.30. The van der Waals surface area contributed by atoms with Gasteiger partial charge in [0, 0.05) is 25.2 Å². The molecule has 1 atom stereocenters. The first-order valence-electron chi connectivity index (χ1n) is 9.64. The topological polar surface area (TPSA) is 96.4 Å². The van der Waals surface area contributed by atoms with Crippen LogP contribution < -0.4 is 9.47 Å². The molecule has 1 heterocycles. The molecule has 28 heavy (non-hydrogen) atoms. The van der Waals surface area contributed by atoms with Crippen LogP contribution in [-0.4, -0.2) is 71.6 Å². The van der Waals surface area contributed by atoms with Crippen LogP contribution in [0.4, 0.5) is 0 Å². The van der Waals surface area contributed by atoms with Gasteiger partial charge in [-0.2, -0.15) is 0 Å². The molecule has 8 heteroatoms. The van der Waals surface area contributed by atoms with Gasteiger partial charge < -0.3 is 24.4 Å². The zero-order valence-corrected chi connectivity index (χ0v) is 16.6. The Kier molecular flexibility index (Phi) is 7.66. The Balaban J connectivity index is 2.23. The molecule has 0 saturated carbocycles. The summed E-state index contributed by atoms with van der Waals surface area (Å²) in [4.78, 5) is 39.9. The van der Waals surface area contributed by atoms with Crippen molar-refractivity contribution in [3.63, 3.8) is 0 Å². The molecule has 0 aromatic heterocycles. The van der Waals surface area contributed by atoms with Gasteiger partial charge in [-0.15, -0.1) is 0 Å². The van der Waals surface area contributed by atoms with E-state index in [1.807, 2.05) is 13.8 Å². The Morgan fingerprint density at radius 1 is 1.14 bits per heavy atom. The lowest BCUT2D eigenvalue weighted by Gasteiger charge is -2.29. The van der Waals surface area contributed by atoms with E-state index in [9.17, 15) is 14.4 Å². The molecule has 1 N–H and O–H groups in total. The van der Waals surface area contributed by atoms with Crippen molar-refractivity contribution in [3.05, 3.63) is 23.8 Å². The van der Waals surface area contributed by atoms with E-state index in [2.05, 4.69) is 0 Å². The highest BCUT2D eigenvalue weighted by Gasteiger charge is 2.36. The van der Waals surface area contributed by atoms with E-state index in [0.29, 0.717) is 44.0 Å². The van der Waals surface area contributed by atoms with Gasteiger partial charge in [0.1, 0.15) is 6.04 Å². The molecular formula is C20H28N2O6. The number of hydrogen-bond donors (Lipinski definition) is 1. The third-order valence-corrected chi connectivity index (χ3v) is 4.72. The van der Waals surface area contributed by atoms with E-state index in [0.717, 1.165) is 6.42 Å². The van der Waals surface area contributed by atoms with E-state index in [1.54, 1.807) is 28.9 Å². The molecule has 1 aliphatic rings. The van der Waals surface area contributed by atoms with Gasteiger partial charge in [-0.1, -0.05) is 0 Å². The minimum Gasteiger partial charge on any atom is -0.490 e. The van der Waals surface area contributed by atoms with Crippen LogP contribution in [0, 0.1) is 0 Å². The van der Waals surface area contributed by atoms with Crippen molar-refractivity contribution in [3.8, 4) is 11.5 Å². The molecule has 1 aromatic carbocycles. The van der Waals surface area contributed by atoms with Crippen LogP contribution in [0.1, 0.15) is 44.0 Å². The fourth-order valence-electron chi connectivity index (χ4n) is 3.35. The average Bonchev–Trinajstić information content (AvgIpc) is 3.17. The largest absolute Gasteiger partial charge is 0.490 e. The Labute approximate surface area is 165 Å². The summed E-state index contributed by atoms with van der Waals surface area (Å²) in [6, 6.07) is 4.18. The molecule has 1 saturated heterocycles. The summed E-state index contributed by atoms with van der Waals surface area (Å²) in [6.07, 6.45) is 1.43. The van der Waals surface area contributed by atoms with Crippen molar-refractivity contribution in [2.45, 2.75) is 39.7 Å². The Bertz CT molecular complexity index is 717. The number of rotatable bonds is 9. The second kappa shape index (κ2) is 9.96. The highest BCUT2D eigenvalue weighted by atomic mass is 16.5. The average molecular weight is 392 g/mol. The van der Waals surface area contributed by atoms with Crippen LogP contribution in [0.2, 0.25) is 0 Å². The molecule has 1 aromatic rings. The van der Waals surface area contributed by atoms with Crippen molar-refractivity contribution in [2.24, 2.45) is 0 Å². The molecule has 1 aliphatic heterocycles.